The summed E-state index contributed by atoms with van der Waals surface area (Å²) in [6.07, 6.45) is 11.2. The molecule has 2 heteroatoms. The summed E-state index contributed by atoms with van der Waals surface area (Å²) in [7, 11) is 0. The van der Waals surface area contributed by atoms with Gasteiger partial charge in [-0.2, -0.15) is 0 Å². The number of aryl methyl sites for hydroxylation is 1. The van der Waals surface area contributed by atoms with Crippen LogP contribution in [0.25, 0.3) is 0 Å². The maximum Gasteiger partial charge on any atom is 0.0466 e. The molecule has 1 aromatic rings. The van der Waals surface area contributed by atoms with E-state index >= 15 is 0 Å². The molecular weight excluding hydrogens is 240 g/mol. The van der Waals surface area contributed by atoms with Crippen LogP contribution in [-0.2, 0) is 11.2 Å². The zero-order valence-electron chi connectivity index (χ0n) is 11.5. The van der Waals surface area contributed by atoms with Crippen molar-refractivity contribution < 1.29 is 4.74 Å². The van der Waals surface area contributed by atoms with E-state index in [9.17, 15) is 0 Å². The third-order valence-electron chi connectivity index (χ3n) is 3.08. The van der Waals surface area contributed by atoms with Gasteiger partial charge >= 0.3 is 0 Å². The molecular formula is C16H27OS. The number of unbranched alkanes of at least 4 members (excludes halogenated alkanes) is 6. The van der Waals surface area contributed by atoms with Gasteiger partial charge in [0.05, 0.1) is 0 Å². The van der Waals surface area contributed by atoms with Gasteiger partial charge in [0.15, 0.2) is 0 Å². The van der Waals surface area contributed by atoms with Crippen molar-refractivity contribution in [1.29, 1.82) is 0 Å². The Morgan fingerprint density at radius 3 is 2.33 bits per heavy atom. The van der Waals surface area contributed by atoms with Crippen LogP contribution >= 0.6 is 11.3 Å². The summed E-state index contributed by atoms with van der Waals surface area (Å²) in [5, 5.41) is 2.16. The molecule has 0 atom stereocenters. The predicted octanol–water partition coefficient (Wildman–Crippen LogP) is 5.26. The van der Waals surface area contributed by atoms with Gasteiger partial charge in [-0.3, -0.25) is 0 Å². The highest BCUT2D eigenvalue weighted by Gasteiger charge is 1.95. The lowest BCUT2D eigenvalue weighted by molar-refractivity contribution is 0.126. The first-order valence-corrected chi connectivity index (χ1v) is 8.21. The van der Waals surface area contributed by atoms with Gasteiger partial charge in [-0.1, -0.05) is 45.1 Å². The standard InChI is InChI=1S/C16H27OS/c1-2-3-4-8-13-17-14-9-6-5-7-11-16-12-10-15-18-16/h10,12,15H,1-9,11,13-14H2. The van der Waals surface area contributed by atoms with Gasteiger partial charge < -0.3 is 4.74 Å². The quantitative estimate of drug-likeness (QED) is 0.469. The Hall–Kier alpha value is -0.340. The Morgan fingerprint density at radius 1 is 0.944 bits per heavy atom. The van der Waals surface area contributed by atoms with E-state index in [1.54, 1.807) is 0 Å². The van der Waals surface area contributed by atoms with Gasteiger partial charge in [-0.05, 0) is 37.1 Å². The second-order valence-electron chi connectivity index (χ2n) is 4.77. The first kappa shape index (κ1) is 15.7. The second kappa shape index (κ2) is 11.7. The molecule has 0 unspecified atom stereocenters. The predicted molar refractivity (Wildman–Crippen MR) is 81.1 cm³/mol. The highest BCUT2D eigenvalue weighted by Crippen LogP contribution is 2.13. The number of ether oxygens (including phenoxy) is 1. The summed E-state index contributed by atoms with van der Waals surface area (Å²) in [5.74, 6) is 0. The molecule has 0 N–H and O–H groups in total. The molecule has 0 spiro atoms. The summed E-state index contributed by atoms with van der Waals surface area (Å²) < 4.78 is 5.61. The smallest absolute Gasteiger partial charge is 0.0466 e. The first-order valence-electron chi connectivity index (χ1n) is 7.33. The first-order chi connectivity index (χ1) is 8.93. The number of hydrogen-bond donors (Lipinski definition) is 0. The van der Waals surface area contributed by atoms with Gasteiger partial charge in [0.1, 0.15) is 0 Å². The van der Waals surface area contributed by atoms with Crippen molar-refractivity contribution in [2.24, 2.45) is 0 Å². The lowest BCUT2D eigenvalue weighted by Crippen LogP contribution is -1.97. The fourth-order valence-electron chi connectivity index (χ4n) is 1.97. The largest absolute Gasteiger partial charge is 0.381 e. The molecule has 1 heterocycles. The van der Waals surface area contributed by atoms with Crippen molar-refractivity contribution in [3.05, 3.63) is 29.3 Å². The van der Waals surface area contributed by atoms with E-state index in [4.69, 9.17) is 4.74 Å². The van der Waals surface area contributed by atoms with E-state index in [1.807, 2.05) is 11.3 Å². The van der Waals surface area contributed by atoms with Crippen molar-refractivity contribution in [1.82, 2.24) is 0 Å². The number of thiophene rings is 1. The van der Waals surface area contributed by atoms with Gasteiger partial charge in [0.2, 0.25) is 0 Å². The minimum absolute atomic E-state index is 0.940. The van der Waals surface area contributed by atoms with Crippen LogP contribution in [0.3, 0.4) is 0 Å². The molecule has 103 valence electrons. The minimum Gasteiger partial charge on any atom is -0.381 e. The van der Waals surface area contributed by atoms with E-state index in [0.29, 0.717) is 0 Å². The van der Waals surface area contributed by atoms with Crippen LogP contribution < -0.4 is 0 Å². The Balaban J connectivity index is 1.73. The molecule has 1 rings (SSSR count). The molecule has 0 saturated heterocycles. The summed E-state index contributed by atoms with van der Waals surface area (Å²) >= 11 is 1.88. The third kappa shape index (κ3) is 8.71. The third-order valence-corrected chi connectivity index (χ3v) is 4.02. The van der Waals surface area contributed by atoms with Crippen LogP contribution in [0.15, 0.2) is 17.5 Å². The van der Waals surface area contributed by atoms with E-state index in [0.717, 1.165) is 19.6 Å². The molecule has 0 aliphatic rings. The molecule has 1 aromatic heterocycles. The van der Waals surface area contributed by atoms with Crippen molar-refractivity contribution in [2.45, 2.75) is 57.8 Å². The molecule has 0 saturated carbocycles. The summed E-state index contributed by atoms with van der Waals surface area (Å²) in [6.45, 7) is 5.73. The number of hydrogen-bond acceptors (Lipinski definition) is 2. The zero-order valence-corrected chi connectivity index (χ0v) is 12.4. The molecule has 1 nitrogen and oxygen atoms in total. The Morgan fingerprint density at radius 2 is 1.67 bits per heavy atom. The molecule has 1 radical (unpaired) electrons. The highest BCUT2D eigenvalue weighted by molar-refractivity contribution is 7.09. The average Bonchev–Trinajstić information content (AvgIpc) is 2.89. The fraction of sp³-hybridized carbons (Fsp3) is 0.688. The lowest BCUT2D eigenvalue weighted by atomic mass is 10.1. The van der Waals surface area contributed by atoms with Crippen LogP contribution in [0.1, 0.15) is 56.2 Å². The Bertz CT molecular complexity index is 256. The van der Waals surface area contributed by atoms with Crippen LogP contribution in [0, 0.1) is 6.92 Å². The molecule has 0 fully saturated rings. The van der Waals surface area contributed by atoms with E-state index < -0.39 is 0 Å². The lowest BCUT2D eigenvalue weighted by Gasteiger charge is -2.04. The van der Waals surface area contributed by atoms with Crippen molar-refractivity contribution >= 4 is 11.3 Å². The molecule has 0 bridgehead atoms. The maximum absolute atomic E-state index is 5.61. The summed E-state index contributed by atoms with van der Waals surface area (Å²) in [4.78, 5) is 1.52. The van der Waals surface area contributed by atoms with E-state index in [-0.39, 0.29) is 0 Å². The molecule has 0 aliphatic carbocycles. The van der Waals surface area contributed by atoms with Crippen molar-refractivity contribution in [3.8, 4) is 0 Å². The molecule has 0 aliphatic heterocycles. The topological polar surface area (TPSA) is 9.23 Å². The molecule has 0 aromatic carbocycles. The normalized spacial score (nSPS) is 10.9. The van der Waals surface area contributed by atoms with Crippen molar-refractivity contribution in [3.63, 3.8) is 0 Å². The van der Waals surface area contributed by atoms with Crippen LogP contribution in [0.2, 0.25) is 0 Å². The van der Waals surface area contributed by atoms with Crippen LogP contribution in [0.5, 0.6) is 0 Å². The SMILES string of the molecule is [CH2]CCCCCOCCCCCCc1cccs1. The Labute approximate surface area is 117 Å². The molecule has 0 amide bonds. The van der Waals surface area contributed by atoms with E-state index in [1.165, 1.54) is 56.2 Å². The fourth-order valence-corrected chi connectivity index (χ4v) is 2.72. The zero-order chi connectivity index (χ0) is 12.9. The second-order valence-corrected chi connectivity index (χ2v) is 5.80. The van der Waals surface area contributed by atoms with Crippen LogP contribution in [-0.4, -0.2) is 13.2 Å². The molecule has 18 heavy (non-hydrogen) atoms. The Kier molecular flexibility index (Phi) is 10.2. The van der Waals surface area contributed by atoms with Crippen LogP contribution in [0.4, 0.5) is 0 Å². The minimum atomic E-state index is 0.940. The average molecular weight is 267 g/mol. The van der Waals surface area contributed by atoms with Gasteiger partial charge in [0.25, 0.3) is 0 Å². The summed E-state index contributed by atoms with van der Waals surface area (Å²) in [6, 6.07) is 4.38. The van der Waals surface area contributed by atoms with Gasteiger partial charge in [0, 0.05) is 18.1 Å². The van der Waals surface area contributed by atoms with E-state index in [2.05, 4.69) is 24.4 Å². The van der Waals surface area contributed by atoms with Crippen molar-refractivity contribution in [2.75, 3.05) is 13.2 Å². The monoisotopic (exact) mass is 267 g/mol. The highest BCUT2D eigenvalue weighted by atomic mass is 32.1. The van der Waals surface area contributed by atoms with Gasteiger partial charge in [-0.25, -0.2) is 0 Å². The number of rotatable bonds is 12. The summed E-state index contributed by atoms with van der Waals surface area (Å²) in [5.41, 5.74) is 0. The van der Waals surface area contributed by atoms with Gasteiger partial charge in [-0.15, -0.1) is 11.3 Å². The maximum atomic E-state index is 5.61.